The van der Waals surface area contributed by atoms with Crippen LogP contribution >= 0.6 is 11.3 Å². The van der Waals surface area contributed by atoms with Gasteiger partial charge in [0.25, 0.3) is 0 Å². The molecule has 0 bridgehead atoms. The number of fused-ring (bicyclic) bond motifs is 1. The fraction of sp³-hybridized carbons (Fsp3) is 0.412. The first-order valence-corrected chi connectivity index (χ1v) is 8.50. The zero-order chi connectivity index (χ0) is 15.5. The lowest BCUT2D eigenvalue weighted by Crippen LogP contribution is -2.35. The van der Waals surface area contributed by atoms with Gasteiger partial charge in [-0.3, -0.25) is 4.79 Å². The lowest BCUT2D eigenvalue weighted by Gasteiger charge is -2.20. The highest BCUT2D eigenvalue weighted by Gasteiger charge is 2.22. The van der Waals surface area contributed by atoms with Crippen molar-refractivity contribution in [2.75, 3.05) is 7.05 Å². The van der Waals surface area contributed by atoms with Crippen molar-refractivity contribution in [1.82, 2.24) is 9.88 Å². The van der Waals surface area contributed by atoms with E-state index in [4.69, 9.17) is 5.73 Å². The lowest BCUT2D eigenvalue weighted by molar-refractivity contribution is -0.131. The predicted octanol–water partition coefficient (Wildman–Crippen LogP) is 2.68. The number of amides is 1. The average molecular weight is 315 g/mol. The summed E-state index contributed by atoms with van der Waals surface area (Å²) < 4.78 is 0. The van der Waals surface area contributed by atoms with E-state index in [0.29, 0.717) is 6.54 Å². The molecular formula is C17H21N3OS. The van der Waals surface area contributed by atoms with Crippen molar-refractivity contribution >= 4 is 17.2 Å². The number of nitrogens with zero attached hydrogens (tertiary/aromatic N) is 2. The van der Waals surface area contributed by atoms with Crippen LogP contribution in [0.2, 0.25) is 0 Å². The van der Waals surface area contributed by atoms with Gasteiger partial charge in [-0.05, 0) is 31.2 Å². The van der Waals surface area contributed by atoms with Crippen LogP contribution in [0.4, 0.5) is 0 Å². The Morgan fingerprint density at radius 3 is 2.77 bits per heavy atom. The number of aromatic nitrogens is 1. The van der Waals surface area contributed by atoms with E-state index in [-0.39, 0.29) is 5.91 Å². The maximum Gasteiger partial charge on any atom is 0.244 e. The molecule has 1 aliphatic carbocycles. The van der Waals surface area contributed by atoms with E-state index in [1.54, 1.807) is 23.3 Å². The van der Waals surface area contributed by atoms with Crippen LogP contribution < -0.4 is 5.73 Å². The summed E-state index contributed by atoms with van der Waals surface area (Å²) in [4.78, 5) is 20.2. The van der Waals surface area contributed by atoms with Crippen molar-refractivity contribution in [2.45, 2.75) is 38.3 Å². The number of hydrogen-bond donors (Lipinski definition) is 1. The molecule has 1 atom stereocenters. The third-order valence-corrected chi connectivity index (χ3v) is 5.21. The number of hydrogen-bond acceptors (Lipinski definition) is 4. The molecule has 22 heavy (non-hydrogen) atoms. The van der Waals surface area contributed by atoms with Crippen molar-refractivity contribution in [3.8, 4) is 0 Å². The Kier molecular flexibility index (Phi) is 4.55. The van der Waals surface area contributed by atoms with Crippen LogP contribution in [0.3, 0.4) is 0 Å². The number of rotatable bonds is 4. The molecule has 0 spiro atoms. The third kappa shape index (κ3) is 3.20. The summed E-state index contributed by atoms with van der Waals surface area (Å²) in [7, 11) is 1.80. The van der Waals surface area contributed by atoms with Gasteiger partial charge in [-0.25, -0.2) is 4.98 Å². The summed E-state index contributed by atoms with van der Waals surface area (Å²) in [5.74, 6) is -0.0700. The van der Waals surface area contributed by atoms with E-state index in [0.717, 1.165) is 23.4 Å². The van der Waals surface area contributed by atoms with Crippen LogP contribution in [0.15, 0.2) is 30.3 Å². The van der Waals surface area contributed by atoms with Gasteiger partial charge in [0.05, 0.1) is 12.2 Å². The lowest BCUT2D eigenvalue weighted by atomic mass is 10.0. The largest absolute Gasteiger partial charge is 0.337 e. The molecule has 5 heteroatoms. The quantitative estimate of drug-likeness (QED) is 0.943. The predicted molar refractivity (Wildman–Crippen MR) is 88.6 cm³/mol. The van der Waals surface area contributed by atoms with Gasteiger partial charge < -0.3 is 10.6 Å². The highest BCUT2D eigenvalue weighted by Crippen LogP contribution is 2.27. The summed E-state index contributed by atoms with van der Waals surface area (Å²) in [6, 6.07) is 8.89. The Morgan fingerprint density at radius 2 is 2.05 bits per heavy atom. The Balaban J connectivity index is 1.67. The van der Waals surface area contributed by atoms with Crippen LogP contribution in [0.1, 0.15) is 40.0 Å². The van der Waals surface area contributed by atoms with Crippen LogP contribution in [0.25, 0.3) is 0 Å². The maximum absolute atomic E-state index is 12.5. The molecule has 0 fully saturated rings. The minimum atomic E-state index is -0.610. The van der Waals surface area contributed by atoms with E-state index in [1.165, 1.54) is 23.4 Å². The van der Waals surface area contributed by atoms with Crippen molar-refractivity contribution in [2.24, 2.45) is 5.73 Å². The zero-order valence-corrected chi connectivity index (χ0v) is 13.6. The standard InChI is InChI=1S/C17H21N3OS/c1-20(17(21)16(18)12-7-3-2-4-8-12)11-15-19-13-9-5-6-10-14(13)22-15/h2-4,7-8,16H,5-6,9-11,18H2,1H3. The molecule has 0 radical (unpaired) electrons. The van der Waals surface area contributed by atoms with Gasteiger partial charge in [0.15, 0.2) is 0 Å². The van der Waals surface area contributed by atoms with E-state index < -0.39 is 6.04 Å². The van der Waals surface area contributed by atoms with Crippen molar-refractivity contribution in [3.63, 3.8) is 0 Å². The van der Waals surface area contributed by atoms with Gasteiger partial charge in [-0.1, -0.05) is 30.3 Å². The summed E-state index contributed by atoms with van der Waals surface area (Å²) >= 11 is 1.74. The van der Waals surface area contributed by atoms with Crippen molar-refractivity contribution < 1.29 is 4.79 Å². The van der Waals surface area contributed by atoms with E-state index in [2.05, 4.69) is 4.98 Å². The van der Waals surface area contributed by atoms with Gasteiger partial charge in [0, 0.05) is 11.9 Å². The van der Waals surface area contributed by atoms with Gasteiger partial charge in [0.2, 0.25) is 5.91 Å². The molecule has 3 rings (SSSR count). The number of likely N-dealkylation sites (N-methyl/N-ethyl adjacent to an activating group) is 1. The molecule has 4 nitrogen and oxygen atoms in total. The first-order valence-electron chi connectivity index (χ1n) is 7.68. The highest BCUT2D eigenvalue weighted by atomic mass is 32.1. The van der Waals surface area contributed by atoms with Crippen LogP contribution in [-0.2, 0) is 24.2 Å². The van der Waals surface area contributed by atoms with Crippen LogP contribution in [-0.4, -0.2) is 22.8 Å². The van der Waals surface area contributed by atoms with Gasteiger partial charge >= 0.3 is 0 Å². The molecule has 0 aliphatic heterocycles. The van der Waals surface area contributed by atoms with E-state index >= 15 is 0 Å². The number of aryl methyl sites for hydroxylation is 2. The number of carbonyl (C=O) groups excluding carboxylic acids is 1. The summed E-state index contributed by atoms with van der Waals surface area (Å²) in [6.07, 6.45) is 4.69. The van der Waals surface area contributed by atoms with E-state index in [9.17, 15) is 4.79 Å². The second-order valence-corrected chi connectivity index (χ2v) is 6.94. The molecule has 1 aromatic carbocycles. The summed E-state index contributed by atoms with van der Waals surface area (Å²) in [6.45, 7) is 0.539. The molecule has 1 amide bonds. The van der Waals surface area contributed by atoms with Gasteiger partial charge in [-0.2, -0.15) is 0 Å². The fourth-order valence-corrected chi connectivity index (χ4v) is 4.00. The number of benzene rings is 1. The first kappa shape index (κ1) is 15.2. The zero-order valence-electron chi connectivity index (χ0n) is 12.8. The molecular weight excluding hydrogens is 294 g/mol. The molecule has 116 valence electrons. The molecule has 0 saturated carbocycles. The Bertz CT molecular complexity index is 630. The van der Waals surface area contributed by atoms with Crippen molar-refractivity contribution in [1.29, 1.82) is 0 Å². The van der Waals surface area contributed by atoms with Gasteiger partial charge in [-0.15, -0.1) is 11.3 Å². The van der Waals surface area contributed by atoms with Gasteiger partial charge in [0.1, 0.15) is 11.0 Å². The minimum absolute atomic E-state index is 0.0700. The number of thiazole rings is 1. The normalized spacial score (nSPS) is 15.2. The van der Waals surface area contributed by atoms with Crippen LogP contribution in [0, 0.1) is 0 Å². The monoisotopic (exact) mass is 315 g/mol. The first-order chi connectivity index (χ1) is 10.6. The second kappa shape index (κ2) is 6.58. The molecule has 2 N–H and O–H groups in total. The molecule has 1 aromatic heterocycles. The minimum Gasteiger partial charge on any atom is -0.337 e. The number of carbonyl (C=O) groups is 1. The van der Waals surface area contributed by atoms with E-state index in [1.807, 2.05) is 30.3 Å². The molecule has 1 unspecified atom stereocenters. The topological polar surface area (TPSA) is 59.2 Å². The molecule has 0 saturated heterocycles. The average Bonchev–Trinajstić information content (AvgIpc) is 2.96. The second-order valence-electron chi connectivity index (χ2n) is 5.77. The Morgan fingerprint density at radius 1 is 1.32 bits per heavy atom. The maximum atomic E-state index is 12.5. The Labute approximate surface area is 135 Å². The Hall–Kier alpha value is -1.72. The fourth-order valence-electron chi connectivity index (χ4n) is 2.79. The SMILES string of the molecule is CN(Cc1nc2c(s1)CCCC2)C(=O)C(N)c1ccccc1. The smallest absolute Gasteiger partial charge is 0.244 e. The van der Waals surface area contributed by atoms with Crippen LogP contribution in [0.5, 0.6) is 0 Å². The molecule has 1 aliphatic rings. The number of nitrogens with two attached hydrogens (primary N) is 1. The summed E-state index contributed by atoms with van der Waals surface area (Å²) in [5, 5.41) is 1.02. The highest BCUT2D eigenvalue weighted by molar-refractivity contribution is 7.11. The molecule has 1 heterocycles. The third-order valence-electron chi connectivity index (χ3n) is 4.06. The van der Waals surface area contributed by atoms with Crippen molar-refractivity contribution in [3.05, 3.63) is 51.5 Å². The summed E-state index contributed by atoms with van der Waals surface area (Å²) in [5.41, 5.74) is 8.16. The molecule has 2 aromatic rings.